The van der Waals surface area contributed by atoms with Crippen LogP contribution in [0.1, 0.15) is 11.1 Å². The Kier molecular flexibility index (Phi) is 4.45. The highest BCUT2D eigenvalue weighted by Crippen LogP contribution is 2.31. The van der Waals surface area contributed by atoms with Gasteiger partial charge in [0.25, 0.3) is 0 Å². The number of amidine groups is 1. The number of halogens is 1. The van der Waals surface area contributed by atoms with Crippen LogP contribution in [0.2, 0.25) is 5.02 Å². The standard InChI is InChI=1S/C14H13ClN2O3/c15-11-7-9(14(16)17-19)5-6-13(11)20-12-4-2-1-3-10(12)8-18/h1-7,18-19H,8H2,(H2,16,17). The van der Waals surface area contributed by atoms with Crippen LogP contribution >= 0.6 is 11.6 Å². The fourth-order valence-corrected chi connectivity index (χ4v) is 1.87. The number of aliphatic hydroxyl groups is 1. The van der Waals surface area contributed by atoms with E-state index in [1.54, 1.807) is 30.3 Å². The molecule has 6 heteroatoms. The highest BCUT2D eigenvalue weighted by molar-refractivity contribution is 6.32. The minimum Gasteiger partial charge on any atom is -0.455 e. The summed E-state index contributed by atoms with van der Waals surface area (Å²) in [7, 11) is 0. The lowest BCUT2D eigenvalue weighted by atomic mass is 10.2. The largest absolute Gasteiger partial charge is 0.455 e. The van der Waals surface area contributed by atoms with Crippen molar-refractivity contribution in [1.29, 1.82) is 0 Å². The van der Waals surface area contributed by atoms with Crippen molar-refractivity contribution >= 4 is 17.4 Å². The minimum absolute atomic E-state index is 0.0331. The summed E-state index contributed by atoms with van der Waals surface area (Å²) in [4.78, 5) is 0. The average Bonchev–Trinajstić information content (AvgIpc) is 2.49. The van der Waals surface area contributed by atoms with Crippen molar-refractivity contribution in [2.45, 2.75) is 6.61 Å². The second-order valence-electron chi connectivity index (χ2n) is 4.00. The molecule has 4 N–H and O–H groups in total. The number of benzene rings is 2. The predicted octanol–water partition coefficient (Wildman–Crippen LogP) is 2.72. The number of rotatable bonds is 4. The molecule has 0 saturated carbocycles. The van der Waals surface area contributed by atoms with E-state index < -0.39 is 0 Å². The van der Waals surface area contributed by atoms with Crippen molar-refractivity contribution in [2.24, 2.45) is 10.9 Å². The van der Waals surface area contributed by atoms with E-state index in [1.807, 2.05) is 6.07 Å². The van der Waals surface area contributed by atoms with E-state index in [2.05, 4.69) is 5.16 Å². The van der Waals surface area contributed by atoms with E-state index in [0.717, 1.165) is 0 Å². The van der Waals surface area contributed by atoms with Gasteiger partial charge in [0.1, 0.15) is 11.5 Å². The van der Waals surface area contributed by atoms with Crippen LogP contribution < -0.4 is 10.5 Å². The number of ether oxygens (including phenoxy) is 1. The summed E-state index contributed by atoms with van der Waals surface area (Å²) in [6.07, 6.45) is 0. The van der Waals surface area contributed by atoms with Crippen molar-refractivity contribution < 1.29 is 15.1 Å². The van der Waals surface area contributed by atoms with E-state index in [4.69, 9.17) is 27.3 Å². The van der Waals surface area contributed by atoms with Crippen molar-refractivity contribution in [3.63, 3.8) is 0 Å². The molecule has 0 bridgehead atoms. The highest BCUT2D eigenvalue weighted by Gasteiger charge is 2.09. The second-order valence-corrected chi connectivity index (χ2v) is 4.41. The first-order valence-corrected chi connectivity index (χ1v) is 6.17. The maximum absolute atomic E-state index is 9.24. The van der Waals surface area contributed by atoms with Gasteiger partial charge in [-0.05, 0) is 24.3 Å². The molecule has 0 radical (unpaired) electrons. The molecule has 104 valence electrons. The van der Waals surface area contributed by atoms with E-state index in [-0.39, 0.29) is 12.4 Å². The number of oxime groups is 1. The summed E-state index contributed by atoms with van der Waals surface area (Å²) >= 11 is 6.10. The molecule has 2 aromatic carbocycles. The van der Waals surface area contributed by atoms with Crippen molar-refractivity contribution in [3.05, 3.63) is 58.6 Å². The Morgan fingerprint density at radius 3 is 2.60 bits per heavy atom. The number of nitrogens with two attached hydrogens (primary N) is 1. The lowest BCUT2D eigenvalue weighted by Gasteiger charge is -2.11. The quantitative estimate of drug-likeness (QED) is 0.350. The van der Waals surface area contributed by atoms with Crippen molar-refractivity contribution in [1.82, 2.24) is 0 Å². The number of hydrogen-bond acceptors (Lipinski definition) is 4. The number of hydrogen-bond donors (Lipinski definition) is 3. The smallest absolute Gasteiger partial charge is 0.170 e. The normalized spacial score (nSPS) is 11.4. The van der Waals surface area contributed by atoms with Gasteiger partial charge in [-0.2, -0.15) is 0 Å². The van der Waals surface area contributed by atoms with Gasteiger partial charge in [-0.3, -0.25) is 0 Å². The zero-order valence-electron chi connectivity index (χ0n) is 10.5. The van der Waals surface area contributed by atoms with E-state index in [1.165, 1.54) is 6.07 Å². The van der Waals surface area contributed by atoms with E-state index >= 15 is 0 Å². The lowest BCUT2D eigenvalue weighted by molar-refractivity contribution is 0.276. The van der Waals surface area contributed by atoms with Crippen LogP contribution in [-0.4, -0.2) is 16.1 Å². The second kappa shape index (κ2) is 6.27. The van der Waals surface area contributed by atoms with Crippen LogP contribution in [0.4, 0.5) is 0 Å². The first kappa shape index (κ1) is 14.2. The monoisotopic (exact) mass is 292 g/mol. The van der Waals surface area contributed by atoms with Crippen LogP contribution in [0.5, 0.6) is 11.5 Å². The van der Waals surface area contributed by atoms with E-state index in [9.17, 15) is 5.11 Å². The topological polar surface area (TPSA) is 88.1 Å². The molecule has 0 unspecified atom stereocenters. The highest BCUT2D eigenvalue weighted by atomic mass is 35.5. The number of aliphatic hydroxyl groups excluding tert-OH is 1. The molecule has 0 aliphatic carbocycles. The summed E-state index contributed by atoms with van der Waals surface area (Å²) in [5.74, 6) is 0.907. The van der Waals surface area contributed by atoms with Gasteiger partial charge in [0, 0.05) is 11.1 Å². The van der Waals surface area contributed by atoms with Gasteiger partial charge in [0.2, 0.25) is 0 Å². The zero-order chi connectivity index (χ0) is 14.5. The van der Waals surface area contributed by atoms with Gasteiger partial charge < -0.3 is 20.8 Å². The van der Waals surface area contributed by atoms with Gasteiger partial charge in [-0.15, -0.1) is 0 Å². The summed E-state index contributed by atoms with van der Waals surface area (Å²) < 4.78 is 5.66. The molecule has 0 fully saturated rings. The Labute approximate surface area is 120 Å². The molecule has 0 aromatic heterocycles. The van der Waals surface area contributed by atoms with Crippen LogP contribution in [0.25, 0.3) is 0 Å². The van der Waals surface area contributed by atoms with Crippen molar-refractivity contribution in [3.8, 4) is 11.5 Å². The van der Waals surface area contributed by atoms with Gasteiger partial charge in [0.05, 0.1) is 11.6 Å². The van der Waals surface area contributed by atoms with Gasteiger partial charge in [-0.1, -0.05) is 35.0 Å². The Balaban J connectivity index is 2.30. The molecule has 5 nitrogen and oxygen atoms in total. The molecule has 0 amide bonds. The van der Waals surface area contributed by atoms with Crippen LogP contribution in [0, 0.1) is 0 Å². The third-order valence-electron chi connectivity index (χ3n) is 2.70. The molecular weight excluding hydrogens is 280 g/mol. The molecule has 0 aliphatic rings. The maximum Gasteiger partial charge on any atom is 0.170 e. The SMILES string of the molecule is NC(=NO)c1ccc(Oc2ccccc2CO)c(Cl)c1. The first-order chi connectivity index (χ1) is 9.65. The minimum atomic E-state index is -0.129. The first-order valence-electron chi connectivity index (χ1n) is 5.79. The Morgan fingerprint density at radius 1 is 1.20 bits per heavy atom. The van der Waals surface area contributed by atoms with Crippen LogP contribution in [0.15, 0.2) is 47.6 Å². The molecule has 0 saturated heterocycles. The average molecular weight is 293 g/mol. The van der Waals surface area contributed by atoms with Gasteiger partial charge in [0.15, 0.2) is 5.84 Å². The molecule has 2 rings (SSSR count). The molecule has 0 aliphatic heterocycles. The molecule has 20 heavy (non-hydrogen) atoms. The molecule has 0 spiro atoms. The van der Waals surface area contributed by atoms with Crippen LogP contribution in [-0.2, 0) is 6.61 Å². The molecule has 2 aromatic rings. The summed E-state index contributed by atoms with van der Waals surface area (Å²) in [6.45, 7) is -0.129. The zero-order valence-corrected chi connectivity index (χ0v) is 11.2. The Bertz CT molecular complexity index is 644. The van der Waals surface area contributed by atoms with E-state index in [0.29, 0.717) is 27.6 Å². The predicted molar refractivity (Wildman–Crippen MR) is 76.4 cm³/mol. The van der Waals surface area contributed by atoms with Crippen molar-refractivity contribution in [2.75, 3.05) is 0 Å². The van der Waals surface area contributed by atoms with Crippen LogP contribution in [0.3, 0.4) is 0 Å². The molecule has 0 atom stereocenters. The van der Waals surface area contributed by atoms with Gasteiger partial charge >= 0.3 is 0 Å². The summed E-state index contributed by atoms with van der Waals surface area (Å²) in [5, 5.41) is 21.1. The van der Waals surface area contributed by atoms with Gasteiger partial charge in [-0.25, -0.2) is 0 Å². The third kappa shape index (κ3) is 3.01. The molecule has 0 heterocycles. The summed E-state index contributed by atoms with van der Waals surface area (Å²) in [6, 6.07) is 11.9. The Hall–Kier alpha value is -2.24. The number of nitrogens with zero attached hydrogens (tertiary/aromatic N) is 1. The third-order valence-corrected chi connectivity index (χ3v) is 2.99. The molecular formula is C14H13ClN2O3. The maximum atomic E-state index is 9.24. The fourth-order valence-electron chi connectivity index (χ4n) is 1.65. The summed E-state index contributed by atoms with van der Waals surface area (Å²) in [5.41, 5.74) is 6.62. The number of para-hydroxylation sites is 1. The Morgan fingerprint density at radius 2 is 1.95 bits per heavy atom. The fraction of sp³-hybridized carbons (Fsp3) is 0.0714. The lowest BCUT2D eigenvalue weighted by Crippen LogP contribution is -2.12.